The van der Waals surface area contributed by atoms with Crippen LogP contribution in [-0.4, -0.2) is 51.4 Å². The lowest BCUT2D eigenvalue weighted by molar-refractivity contribution is 0.338. The Kier molecular flexibility index (Phi) is 4.74. The van der Waals surface area contributed by atoms with Gasteiger partial charge < -0.3 is 15.3 Å². The van der Waals surface area contributed by atoms with Crippen molar-refractivity contribution in [3.63, 3.8) is 0 Å². The predicted molar refractivity (Wildman–Crippen MR) is 106 cm³/mol. The van der Waals surface area contributed by atoms with Crippen molar-refractivity contribution in [2.75, 3.05) is 25.5 Å². The summed E-state index contributed by atoms with van der Waals surface area (Å²) in [5.74, 6) is 0.803. The van der Waals surface area contributed by atoms with E-state index < -0.39 is 0 Å². The number of thiophene rings is 1. The summed E-state index contributed by atoms with van der Waals surface area (Å²) in [6, 6.07) is 6.15. The van der Waals surface area contributed by atoms with E-state index in [1.165, 1.54) is 12.8 Å². The largest absolute Gasteiger partial charge is 0.507 e. The third-order valence-corrected chi connectivity index (χ3v) is 5.81. The molecule has 2 N–H and O–H groups in total. The lowest BCUT2D eigenvalue weighted by Gasteiger charge is -2.21. The zero-order chi connectivity index (χ0) is 18.1. The molecule has 1 atom stereocenters. The number of anilines is 1. The number of benzene rings is 1. The zero-order valence-electron chi connectivity index (χ0n) is 15.1. The third-order valence-electron chi connectivity index (χ3n) is 4.93. The van der Waals surface area contributed by atoms with Gasteiger partial charge in [0.1, 0.15) is 11.4 Å². The molecule has 1 saturated heterocycles. The molecular formula is C19H23N5OS. The van der Waals surface area contributed by atoms with Crippen molar-refractivity contribution >= 4 is 27.4 Å². The molecule has 1 aliphatic rings. The Hall–Kier alpha value is -2.25. The highest BCUT2D eigenvalue weighted by Gasteiger charge is 2.18. The Morgan fingerprint density at radius 1 is 1.23 bits per heavy atom. The smallest absolute Gasteiger partial charge is 0.243 e. The topological polar surface area (TPSA) is 74.2 Å². The Balaban J connectivity index is 1.60. The van der Waals surface area contributed by atoms with Crippen molar-refractivity contribution in [1.82, 2.24) is 20.1 Å². The summed E-state index contributed by atoms with van der Waals surface area (Å²) in [5.41, 5.74) is 2.06. The number of nitrogens with zero attached hydrogens (tertiary/aromatic N) is 4. The van der Waals surface area contributed by atoms with Crippen LogP contribution in [0.25, 0.3) is 21.3 Å². The monoisotopic (exact) mass is 369 g/mol. The van der Waals surface area contributed by atoms with E-state index in [4.69, 9.17) is 0 Å². The van der Waals surface area contributed by atoms with Crippen LogP contribution < -0.4 is 5.32 Å². The van der Waals surface area contributed by atoms with E-state index in [-0.39, 0.29) is 5.75 Å². The summed E-state index contributed by atoms with van der Waals surface area (Å²) >= 11 is 1.61. The van der Waals surface area contributed by atoms with Crippen LogP contribution in [0.5, 0.6) is 5.75 Å². The summed E-state index contributed by atoms with van der Waals surface area (Å²) in [6.07, 6.45) is 3.56. The normalized spacial score (nSPS) is 18.8. The van der Waals surface area contributed by atoms with Crippen molar-refractivity contribution in [2.45, 2.75) is 32.2 Å². The third kappa shape index (κ3) is 3.37. The van der Waals surface area contributed by atoms with Gasteiger partial charge in [-0.1, -0.05) is 6.42 Å². The van der Waals surface area contributed by atoms with E-state index >= 15 is 0 Å². The van der Waals surface area contributed by atoms with Gasteiger partial charge in [0.25, 0.3) is 0 Å². The van der Waals surface area contributed by atoms with Crippen LogP contribution in [0.15, 0.2) is 23.6 Å². The van der Waals surface area contributed by atoms with E-state index in [9.17, 15) is 5.11 Å². The van der Waals surface area contributed by atoms with Gasteiger partial charge in [-0.05, 0) is 56.9 Å². The number of rotatable bonds is 3. The number of likely N-dealkylation sites (N-methyl/N-ethyl adjacent to an activating group) is 1. The lowest BCUT2D eigenvalue weighted by Crippen LogP contribution is -2.33. The van der Waals surface area contributed by atoms with Crippen LogP contribution in [0.4, 0.5) is 5.95 Å². The highest BCUT2D eigenvalue weighted by Crippen LogP contribution is 2.37. The molecule has 7 heteroatoms. The van der Waals surface area contributed by atoms with Crippen molar-refractivity contribution in [1.29, 1.82) is 0 Å². The Bertz CT molecular complexity index is 925. The molecular weight excluding hydrogens is 346 g/mol. The average Bonchev–Trinajstić information content (AvgIpc) is 3.00. The molecule has 136 valence electrons. The molecule has 0 amide bonds. The average molecular weight is 369 g/mol. The van der Waals surface area contributed by atoms with Gasteiger partial charge in [0.05, 0.1) is 5.69 Å². The molecule has 26 heavy (non-hydrogen) atoms. The molecule has 2 aromatic heterocycles. The molecule has 0 aliphatic carbocycles. The molecule has 1 fully saturated rings. The first kappa shape index (κ1) is 17.2. The van der Waals surface area contributed by atoms with Gasteiger partial charge in [0.15, 0.2) is 0 Å². The van der Waals surface area contributed by atoms with E-state index in [1.54, 1.807) is 11.3 Å². The molecule has 3 heterocycles. The molecule has 0 unspecified atom stereocenters. The minimum atomic E-state index is 0.244. The molecule has 4 rings (SSSR count). The maximum absolute atomic E-state index is 10.6. The van der Waals surface area contributed by atoms with Crippen LogP contribution in [-0.2, 0) is 0 Å². The van der Waals surface area contributed by atoms with Crippen molar-refractivity contribution in [3.8, 4) is 17.0 Å². The van der Waals surface area contributed by atoms with Gasteiger partial charge in [0, 0.05) is 28.2 Å². The van der Waals surface area contributed by atoms with E-state index in [0.29, 0.717) is 23.2 Å². The van der Waals surface area contributed by atoms with Gasteiger partial charge in [-0.2, -0.15) is 0 Å². The predicted octanol–water partition coefficient (Wildman–Crippen LogP) is 3.66. The Morgan fingerprint density at radius 3 is 2.96 bits per heavy atom. The maximum atomic E-state index is 10.6. The second-order valence-electron chi connectivity index (χ2n) is 6.96. The van der Waals surface area contributed by atoms with Gasteiger partial charge in [0.2, 0.25) is 5.95 Å². The van der Waals surface area contributed by atoms with E-state index in [2.05, 4.69) is 32.4 Å². The standard InChI is InChI=1S/C19H23N5OS/c1-12-17(15-6-7-16-14(18(15)25)8-10-26-16)22-23-19(20-12)21-13-5-3-4-9-24(2)11-13/h6-8,10,13,25H,3-5,9,11H2,1-2H3,(H,20,21,23)/t13-/m1/s1. The summed E-state index contributed by atoms with van der Waals surface area (Å²) in [6.45, 7) is 4.03. The summed E-state index contributed by atoms with van der Waals surface area (Å²) in [5, 5.41) is 25.5. The second-order valence-corrected chi connectivity index (χ2v) is 7.91. The molecule has 0 radical (unpaired) electrons. The quantitative estimate of drug-likeness (QED) is 0.734. The molecule has 0 spiro atoms. The molecule has 0 bridgehead atoms. The molecule has 1 aromatic carbocycles. The first-order valence-electron chi connectivity index (χ1n) is 8.98. The van der Waals surface area contributed by atoms with Crippen LogP contribution in [0.2, 0.25) is 0 Å². The first-order valence-corrected chi connectivity index (χ1v) is 9.86. The Labute approximate surface area is 156 Å². The number of phenolic OH excluding ortho intramolecular Hbond substituents is 1. The number of hydrogen-bond donors (Lipinski definition) is 2. The summed E-state index contributed by atoms with van der Waals surface area (Å²) in [4.78, 5) is 6.94. The van der Waals surface area contributed by atoms with Gasteiger partial charge in [-0.3, -0.25) is 0 Å². The number of aryl methyl sites for hydroxylation is 1. The van der Waals surface area contributed by atoms with Crippen molar-refractivity contribution < 1.29 is 5.11 Å². The minimum Gasteiger partial charge on any atom is -0.507 e. The van der Waals surface area contributed by atoms with Crippen LogP contribution in [0, 0.1) is 6.92 Å². The van der Waals surface area contributed by atoms with Crippen LogP contribution >= 0.6 is 11.3 Å². The lowest BCUT2D eigenvalue weighted by atomic mass is 10.1. The maximum Gasteiger partial charge on any atom is 0.243 e. The van der Waals surface area contributed by atoms with Gasteiger partial charge >= 0.3 is 0 Å². The van der Waals surface area contributed by atoms with Crippen molar-refractivity contribution in [2.24, 2.45) is 0 Å². The van der Waals surface area contributed by atoms with Crippen molar-refractivity contribution in [3.05, 3.63) is 29.3 Å². The van der Waals surface area contributed by atoms with E-state index in [0.717, 1.165) is 35.3 Å². The molecule has 3 aromatic rings. The fourth-order valence-electron chi connectivity index (χ4n) is 3.57. The van der Waals surface area contributed by atoms with Crippen LogP contribution in [0.1, 0.15) is 25.0 Å². The fraction of sp³-hybridized carbons (Fsp3) is 0.421. The number of nitrogens with one attached hydrogen (secondary N) is 1. The molecule has 0 saturated carbocycles. The fourth-order valence-corrected chi connectivity index (χ4v) is 4.35. The number of hydrogen-bond acceptors (Lipinski definition) is 7. The van der Waals surface area contributed by atoms with Gasteiger partial charge in [-0.25, -0.2) is 4.98 Å². The molecule has 6 nitrogen and oxygen atoms in total. The molecule has 1 aliphatic heterocycles. The second kappa shape index (κ2) is 7.17. The number of aromatic hydroxyl groups is 1. The summed E-state index contributed by atoms with van der Waals surface area (Å²) < 4.78 is 1.06. The highest BCUT2D eigenvalue weighted by molar-refractivity contribution is 7.17. The number of likely N-dealkylation sites (tertiary alicyclic amines) is 1. The number of aromatic nitrogens is 3. The highest BCUT2D eigenvalue weighted by atomic mass is 32.1. The number of fused-ring (bicyclic) bond motifs is 1. The zero-order valence-corrected chi connectivity index (χ0v) is 15.9. The Morgan fingerprint density at radius 2 is 2.12 bits per heavy atom. The minimum absolute atomic E-state index is 0.244. The van der Waals surface area contributed by atoms with Crippen LogP contribution in [0.3, 0.4) is 0 Å². The summed E-state index contributed by atoms with van der Waals surface area (Å²) in [7, 11) is 2.15. The van der Waals surface area contributed by atoms with Gasteiger partial charge in [-0.15, -0.1) is 21.5 Å². The SMILES string of the molecule is Cc1nc(N[C@@H]2CCCCN(C)C2)nnc1-c1ccc2sccc2c1O. The first-order chi connectivity index (χ1) is 12.6. The number of phenols is 1. The van der Waals surface area contributed by atoms with E-state index in [1.807, 2.05) is 30.5 Å².